The van der Waals surface area contributed by atoms with Crippen LogP contribution in [-0.2, 0) is 33.2 Å². The lowest BCUT2D eigenvalue weighted by Crippen LogP contribution is -2.66. The zero-order chi connectivity index (χ0) is 73.2. The number of hydrogen-bond acceptors (Lipinski definition) is 18. The fraction of sp³-hybridized carbons (Fsp3) is 0.793. The number of nitrogens with one attached hydrogen (secondary N) is 1. The second-order valence-electron chi connectivity index (χ2n) is 28.1. The normalized spacial score (nSPS) is 26.8. The molecule has 0 aliphatic carbocycles. The van der Waals surface area contributed by atoms with E-state index in [0.29, 0.717) is 12.8 Å². The first-order valence-corrected chi connectivity index (χ1v) is 40.0. The van der Waals surface area contributed by atoms with Gasteiger partial charge in [-0.3, -0.25) is 4.79 Å². The smallest absolute Gasteiger partial charge is 0.220 e. The Bertz CT molecular complexity index is 2200. The summed E-state index contributed by atoms with van der Waals surface area (Å²) in [6.07, 6.45) is 56.9. The molecule has 3 rings (SSSR count). The van der Waals surface area contributed by atoms with Gasteiger partial charge in [-0.2, -0.15) is 0 Å². The monoisotopic (exact) mass is 1430 g/mol. The minimum atomic E-state index is -1.99. The number of rotatable bonds is 62. The van der Waals surface area contributed by atoms with Gasteiger partial charge < -0.3 is 89.9 Å². The van der Waals surface area contributed by atoms with E-state index in [1.54, 1.807) is 6.08 Å². The number of allylic oxidation sites excluding steroid dienone is 15. The highest BCUT2D eigenvalue weighted by Gasteiger charge is 2.54. The minimum Gasteiger partial charge on any atom is -0.394 e. The Balaban J connectivity index is 1.34. The Labute approximate surface area is 609 Å². The van der Waals surface area contributed by atoms with E-state index in [1.807, 2.05) is 6.08 Å². The van der Waals surface area contributed by atoms with Crippen molar-refractivity contribution < 1.29 is 89.4 Å². The molecule has 3 fully saturated rings. The number of ether oxygens (including phenoxy) is 6. The van der Waals surface area contributed by atoms with Gasteiger partial charge >= 0.3 is 0 Å². The molecule has 0 saturated carbocycles. The van der Waals surface area contributed by atoms with Crippen LogP contribution < -0.4 is 5.32 Å². The number of amides is 1. The van der Waals surface area contributed by atoms with Gasteiger partial charge in [0.05, 0.1) is 38.6 Å². The van der Waals surface area contributed by atoms with E-state index >= 15 is 0 Å². The van der Waals surface area contributed by atoms with Crippen molar-refractivity contribution in [1.29, 1.82) is 0 Å². The molecule has 19 nitrogen and oxygen atoms in total. The van der Waals surface area contributed by atoms with Crippen LogP contribution in [0.4, 0.5) is 0 Å². The Morgan fingerprint density at radius 1 is 0.366 bits per heavy atom. The summed E-state index contributed by atoms with van der Waals surface area (Å²) in [5.74, 6) is -0.288. The number of hydrogen-bond donors (Lipinski definition) is 12. The molecule has 3 heterocycles. The molecule has 19 heteroatoms. The Hall–Kier alpha value is -3.29. The van der Waals surface area contributed by atoms with Crippen LogP contribution in [0.3, 0.4) is 0 Å². The Morgan fingerprint density at radius 2 is 0.693 bits per heavy atom. The zero-order valence-electron chi connectivity index (χ0n) is 62.4. The molecule has 0 spiro atoms. The average molecular weight is 1430 g/mol. The zero-order valence-corrected chi connectivity index (χ0v) is 62.4. The topological polar surface area (TPSA) is 307 Å². The molecule has 3 saturated heterocycles. The molecule has 17 unspecified atom stereocenters. The van der Waals surface area contributed by atoms with Crippen LogP contribution in [0.2, 0.25) is 0 Å². The molecule has 3 aliphatic heterocycles. The van der Waals surface area contributed by atoms with Gasteiger partial charge in [0.15, 0.2) is 18.9 Å². The maximum Gasteiger partial charge on any atom is 0.220 e. The number of carbonyl (C=O) groups excluding carboxylic acids is 1. The van der Waals surface area contributed by atoms with Crippen molar-refractivity contribution in [3.63, 3.8) is 0 Å². The summed E-state index contributed by atoms with van der Waals surface area (Å²) >= 11 is 0. The fourth-order valence-corrected chi connectivity index (χ4v) is 13.0. The minimum absolute atomic E-state index is 0.231. The first kappa shape index (κ1) is 91.9. The van der Waals surface area contributed by atoms with Gasteiger partial charge in [-0.05, 0) is 89.9 Å². The molecule has 0 aromatic carbocycles. The van der Waals surface area contributed by atoms with Crippen molar-refractivity contribution in [2.45, 2.75) is 388 Å². The molecular formula is C82H143NO18. The summed E-state index contributed by atoms with van der Waals surface area (Å²) in [6, 6.07) is -1.00. The highest BCUT2D eigenvalue weighted by molar-refractivity contribution is 5.76. The summed E-state index contributed by atoms with van der Waals surface area (Å²) in [5, 5.41) is 121. The SMILES string of the molecule is CC/C=C\C/C=C\C/C=C\C/C=C\C/C=C\CCCCCCCCCCCCCCCCCCCCCCCC(=O)NC(COC1OC(CO)C(OC2OC(CO)C(OC3OC(CO)C(O)C(O)C3O)C(O)C2O)C(O)C1O)C(O)/C=C/CC/C=C/CC/C=C/CCCCCCCCCCC. The van der Waals surface area contributed by atoms with Crippen LogP contribution in [0.15, 0.2) is 97.2 Å². The van der Waals surface area contributed by atoms with Gasteiger partial charge in [-0.15, -0.1) is 0 Å². The highest BCUT2D eigenvalue weighted by atomic mass is 16.8. The Kier molecular flexibility index (Phi) is 56.3. The largest absolute Gasteiger partial charge is 0.394 e. The summed E-state index contributed by atoms with van der Waals surface area (Å²) in [4.78, 5) is 13.5. The van der Waals surface area contributed by atoms with Crippen LogP contribution in [0.25, 0.3) is 0 Å². The Morgan fingerprint density at radius 3 is 1.11 bits per heavy atom. The van der Waals surface area contributed by atoms with Crippen molar-refractivity contribution in [2.24, 2.45) is 0 Å². The van der Waals surface area contributed by atoms with E-state index in [0.717, 1.165) is 77.0 Å². The highest BCUT2D eigenvalue weighted by Crippen LogP contribution is 2.33. The lowest BCUT2D eigenvalue weighted by atomic mass is 9.96. The molecule has 17 atom stereocenters. The van der Waals surface area contributed by atoms with Gasteiger partial charge in [0, 0.05) is 6.42 Å². The molecule has 0 aromatic heterocycles. The lowest BCUT2D eigenvalue weighted by Gasteiger charge is -2.48. The third kappa shape index (κ3) is 42.0. The second kappa shape index (κ2) is 61.8. The van der Waals surface area contributed by atoms with Crippen LogP contribution in [0, 0.1) is 0 Å². The van der Waals surface area contributed by atoms with Gasteiger partial charge in [0.25, 0.3) is 0 Å². The van der Waals surface area contributed by atoms with Crippen molar-refractivity contribution in [1.82, 2.24) is 5.32 Å². The van der Waals surface area contributed by atoms with Crippen LogP contribution in [0.1, 0.15) is 284 Å². The third-order valence-electron chi connectivity index (χ3n) is 19.3. The second-order valence-corrected chi connectivity index (χ2v) is 28.1. The van der Waals surface area contributed by atoms with Crippen molar-refractivity contribution in [2.75, 3.05) is 26.4 Å². The summed E-state index contributed by atoms with van der Waals surface area (Å²) < 4.78 is 34.4. The quantitative estimate of drug-likeness (QED) is 0.0199. The summed E-state index contributed by atoms with van der Waals surface area (Å²) in [5.41, 5.74) is 0. The molecule has 3 aliphatic rings. The maximum atomic E-state index is 13.5. The van der Waals surface area contributed by atoms with E-state index < -0.39 is 124 Å². The number of unbranched alkanes of at least 4 members (excludes halogenated alkanes) is 32. The molecule has 1 amide bonds. The third-order valence-corrected chi connectivity index (χ3v) is 19.3. The first-order valence-electron chi connectivity index (χ1n) is 40.0. The standard InChI is InChI=1S/C82H143NO18/c1-3-5-7-9-11-13-15-17-19-21-23-24-25-26-27-28-29-30-31-32-33-34-35-36-37-38-39-40-42-44-46-48-50-52-54-56-58-60-70(88)83-65(66(87)59-57-55-53-51-49-47-45-43-41-22-20-18-16-14-12-10-8-6-4-2)64-96-80-76(94)73(91)78(68(62-85)98-80)101-82-77(95)74(92)79(69(63-86)99-82)100-81-75(93)72(90)71(89)67(61-84)97-81/h5,7,11,13,17,19,23-24,26-27,41,43,49,51,57,59,65-69,71-82,84-87,89-95H,3-4,6,8-10,12,14-16,18,20-22,25,28-40,42,44-48,50,52-56,58,60-64H2,1-2H3,(H,83,88)/b7-5-,13-11-,19-17-,24-23-,27-26-,43-41+,51-49+,59-57+. The van der Waals surface area contributed by atoms with E-state index in [1.165, 1.54) is 173 Å². The van der Waals surface area contributed by atoms with Crippen LogP contribution in [0.5, 0.6) is 0 Å². The van der Waals surface area contributed by atoms with E-state index in [4.69, 9.17) is 28.4 Å². The molecule has 101 heavy (non-hydrogen) atoms. The number of carbonyl (C=O) groups is 1. The van der Waals surface area contributed by atoms with Crippen molar-refractivity contribution in [3.05, 3.63) is 97.2 Å². The molecule has 0 radical (unpaired) electrons. The lowest BCUT2D eigenvalue weighted by molar-refractivity contribution is -0.379. The summed E-state index contributed by atoms with van der Waals surface area (Å²) in [6.45, 7) is 1.61. The number of aliphatic hydroxyl groups excluding tert-OH is 11. The predicted octanol–water partition coefficient (Wildman–Crippen LogP) is 13.2. The van der Waals surface area contributed by atoms with Gasteiger partial charge in [-0.1, -0.05) is 284 Å². The van der Waals surface area contributed by atoms with Crippen molar-refractivity contribution >= 4 is 5.91 Å². The van der Waals surface area contributed by atoms with Gasteiger partial charge in [0.1, 0.15) is 73.2 Å². The van der Waals surface area contributed by atoms with E-state index in [2.05, 4.69) is 104 Å². The molecule has 0 aromatic rings. The van der Waals surface area contributed by atoms with Crippen LogP contribution in [-0.4, -0.2) is 193 Å². The molecular weight excluding hydrogens is 1290 g/mol. The predicted molar refractivity (Wildman–Crippen MR) is 401 cm³/mol. The fourth-order valence-electron chi connectivity index (χ4n) is 13.0. The average Bonchev–Trinajstić information content (AvgIpc) is 0.789. The van der Waals surface area contributed by atoms with E-state index in [9.17, 15) is 61.0 Å². The number of aliphatic hydroxyl groups is 11. The van der Waals surface area contributed by atoms with Crippen LogP contribution >= 0.6 is 0 Å². The first-order chi connectivity index (χ1) is 49.3. The molecule has 0 bridgehead atoms. The van der Waals surface area contributed by atoms with Crippen molar-refractivity contribution in [3.8, 4) is 0 Å². The maximum absolute atomic E-state index is 13.5. The van der Waals surface area contributed by atoms with Gasteiger partial charge in [-0.25, -0.2) is 0 Å². The molecule has 12 N–H and O–H groups in total. The van der Waals surface area contributed by atoms with E-state index in [-0.39, 0.29) is 18.9 Å². The molecule has 584 valence electrons. The summed E-state index contributed by atoms with van der Waals surface area (Å²) in [7, 11) is 0. The van der Waals surface area contributed by atoms with Gasteiger partial charge in [0.2, 0.25) is 5.91 Å².